The molecule has 1 aromatic heterocycles. The molecule has 2 rings (SSSR count). The van der Waals surface area contributed by atoms with Crippen molar-refractivity contribution in [3.05, 3.63) is 15.9 Å². The second-order valence-electron chi connectivity index (χ2n) is 6.31. The Balaban J connectivity index is 1.96. The molecule has 0 aliphatic heterocycles. The summed E-state index contributed by atoms with van der Waals surface area (Å²) in [5.74, 6) is 1.53. The first-order chi connectivity index (χ1) is 10.1. The molecule has 0 bridgehead atoms. The fourth-order valence-corrected chi connectivity index (χ4v) is 3.95. The number of carbonyl (C=O) groups excluding carboxylic acids is 1. The highest BCUT2D eigenvalue weighted by Gasteiger charge is 2.27. The molecule has 3 nitrogen and oxygen atoms in total. The van der Waals surface area contributed by atoms with Gasteiger partial charge in [0.2, 0.25) is 0 Å². The average molecular weight is 355 g/mol. The average Bonchev–Trinajstić information content (AvgIpc) is 2.76. The zero-order valence-corrected chi connectivity index (χ0v) is 15.1. The van der Waals surface area contributed by atoms with E-state index in [-0.39, 0.29) is 5.92 Å². The molecule has 21 heavy (non-hydrogen) atoms. The van der Waals surface area contributed by atoms with E-state index in [1.165, 1.54) is 25.7 Å². The van der Waals surface area contributed by atoms with Crippen LogP contribution < -0.4 is 0 Å². The highest BCUT2D eigenvalue weighted by molar-refractivity contribution is 9.10. The molecule has 1 fully saturated rings. The lowest BCUT2D eigenvalue weighted by Crippen LogP contribution is -2.24. The maximum atomic E-state index is 12.6. The lowest BCUT2D eigenvalue weighted by molar-refractivity contribution is -0.123. The van der Waals surface area contributed by atoms with Gasteiger partial charge in [-0.05, 0) is 61.4 Å². The Morgan fingerprint density at radius 2 is 1.95 bits per heavy atom. The minimum atomic E-state index is 0.269. The number of rotatable bonds is 6. The predicted molar refractivity (Wildman–Crippen MR) is 89.4 cm³/mol. The van der Waals surface area contributed by atoms with Crippen molar-refractivity contribution in [3.8, 4) is 0 Å². The van der Waals surface area contributed by atoms with Crippen molar-refractivity contribution >= 4 is 21.7 Å². The molecule has 0 spiro atoms. The first-order valence-corrected chi connectivity index (χ1v) is 9.10. The van der Waals surface area contributed by atoms with Gasteiger partial charge < -0.3 is 0 Å². The van der Waals surface area contributed by atoms with Crippen molar-refractivity contribution in [3.63, 3.8) is 0 Å². The lowest BCUT2D eigenvalue weighted by atomic mass is 9.77. The van der Waals surface area contributed by atoms with Gasteiger partial charge in [0.25, 0.3) is 0 Å². The summed E-state index contributed by atoms with van der Waals surface area (Å²) in [4.78, 5) is 12.6. The third-order valence-electron chi connectivity index (χ3n) is 4.79. The summed E-state index contributed by atoms with van der Waals surface area (Å²) in [5, 5.41) is 4.48. The van der Waals surface area contributed by atoms with E-state index >= 15 is 0 Å². The molecule has 1 aliphatic carbocycles. The number of aromatic nitrogens is 2. The molecule has 0 N–H and O–H groups in total. The Labute approximate surface area is 136 Å². The van der Waals surface area contributed by atoms with Crippen LogP contribution in [0.5, 0.6) is 0 Å². The number of hydrogen-bond donors (Lipinski definition) is 0. The maximum absolute atomic E-state index is 12.6. The monoisotopic (exact) mass is 354 g/mol. The van der Waals surface area contributed by atoms with Crippen LogP contribution >= 0.6 is 15.9 Å². The SMILES string of the molecule is CCCC1CCC(C(=O)Cc2c(Br)c(C)nn2CC)CC1. The van der Waals surface area contributed by atoms with Crippen molar-refractivity contribution in [1.29, 1.82) is 0 Å². The molecule has 0 unspecified atom stereocenters. The van der Waals surface area contributed by atoms with Gasteiger partial charge in [-0.3, -0.25) is 9.48 Å². The quantitative estimate of drug-likeness (QED) is 0.742. The second-order valence-corrected chi connectivity index (χ2v) is 7.10. The highest BCUT2D eigenvalue weighted by atomic mass is 79.9. The van der Waals surface area contributed by atoms with E-state index in [1.807, 2.05) is 11.6 Å². The number of hydrogen-bond acceptors (Lipinski definition) is 2. The number of aryl methyl sites for hydroxylation is 2. The van der Waals surface area contributed by atoms with E-state index in [1.54, 1.807) is 0 Å². The van der Waals surface area contributed by atoms with Crippen LogP contribution in [0.25, 0.3) is 0 Å². The summed E-state index contributed by atoms with van der Waals surface area (Å²) in [6, 6.07) is 0. The molecule has 0 amide bonds. The van der Waals surface area contributed by atoms with Crippen LogP contribution in [0, 0.1) is 18.8 Å². The van der Waals surface area contributed by atoms with Gasteiger partial charge in [-0.2, -0.15) is 5.10 Å². The molecule has 118 valence electrons. The fourth-order valence-electron chi connectivity index (χ4n) is 3.53. The van der Waals surface area contributed by atoms with Crippen LogP contribution in [0.15, 0.2) is 4.47 Å². The third kappa shape index (κ3) is 3.97. The van der Waals surface area contributed by atoms with Gasteiger partial charge in [0.15, 0.2) is 0 Å². The van der Waals surface area contributed by atoms with Gasteiger partial charge in [0.05, 0.1) is 15.9 Å². The zero-order chi connectivity index (χ0) is 15.4. The van der Waals surface area contributed by atoms with Gasteiger partial charge in [-0.15, -0.1) is 0 Å². The molecular weight excluding hydrogens is 328 g/mol. The smallest absolute Gasteiger partial charge is 0.141 e. The molecule has 1 aromatic rings. The van der Waals surface area contributed by atoms with Crippen molar-refractivity contribution in [2.24, 2.45) is 11.8 Å². The summed E-state index contributed by atoms with van der Waals surface area (Å²) in [7, 11) is 0. The molecule has 0 aromatic carbocycles. The van der Waals surface area contributed by atoms with Gasteiger partial charge in [0.1, 0.15) is 5.78 Å². The van der Waals surface area contributed by atoms with E-state index in [0.29, 0.717) is 12.2 Å². The van der Waals surface area contributed by atoms with Crippen LogP contribution in [-0.4, -0.2) is 15.6 Å². The summed E-state index contributed by atoms with van der Waals surface area (Å²) in [6.07, 6.45) is 7.76. The summed E-state index contributed by atoms with van der Waals surface area (Å²) >= 11 is 3.59. The Morgan fingerprint density at radius 1 is 1.29 bits per heavy atom. The Kier molecular flexibility index (Phi) is 6.03. The molecule has 1 aliphatic rings. The molecule has 0 saturated heterocycles. The zero-order valence-electron chi connectivity index (χ0n) is 13.5. The van der Waals surface area contributed by atoms with Crippen LogP contribution in [0.4, 0.5) is 0 Å². The topological polar surface area (TPSA) is 34.9 Å². The van der Waals surface area contributed by atoms with E-state index in [2.05, 4.69) is 34.9 Å². The normalized spacial score (nSPS) is 22.5. The first kappa shape index (κ1) is 16.7. The molecule has 0 radical (unpaired) electrons. The van der Waals surface area contributed by atoms with E-state index in [0.717, 1.165) is 41.2 Å². The number of halogens is 1. The molecule has 1 heterocycles. The molecule has 4 heteroatoms. The van der Waals surface area contributed by atoms with Crippen molar-refractivity contribution in [2.45, 2.75) is 72.3 Å². The molecule has 0 atom stereocenters. The maximum Gasteiger partial charge on any atom is 0.141 e. The minimum absolute atomic E-state index is 0.269. The van der Waals surface area contributed by atoms with Gasteiger partial charge in [-0.1, -0.05) is 19.8 Å². The van der Waals surface area contributed by atoms with Crippen molar-refractivity contribution in [1.82, 2.24) is 9.78 Å². The largest absolute Gasteiger partial charge is 0.299 e. The summed E-state index contributed by atoms with van der Waals surface area (Å²) < 4.78 is 2.97. The Bertz CT molecular complexity index is 487. The summed E-state index contributed by atoms with van der Waals surface area (Å²) in [5.41, 5.74) is 2.03. The third-order valence-corrected chi connectivity index (χ3v) is 5.83. The molecular formula is C17H27BrN2O. The van der Waals surface area contributed by atoms with E-state index < -0.39 is 0 Å². The lowest BCUT2D eigenvalue weighted by Gasteiger charge is -2.27. The predicted octanol–water partition coefficient (Wildman–Crippen LogP) is 4.69. The minimum Gasteiger partial charge on any atom is -0.299 e. The van der Waals surface area contributed by atoms with Gasteiger partial charge in [0, 0.05) is 18.9 Å². The van der Waals surface area contributed by atoms with Crippen LogP contribution in [0.1, 0.15) is 63.8 Å². The standard InChI is InChI=1S/C17H27BrN2O/c1-4-6-13-7-9-14(10-8-13)16(21)11-15-17(18)12(3)19-20(15)5-2/h13-14H,4-11H2,1-3H3. The van der Waals surface area contributed by atoms with Crippen molar-refractivity contribution in [2.75, 3.05) is 0 Å². The molecule has 1 saturated carbocycles. The van der Waals surface area contributed by atoms with Crippen LogP contribution in [-0.2, 0) is 17.8 Å². The number of carbonyl (C=O) groups is 1. The fraction of sp³-hybridized carbons (Fsp3) is 0.765. The first-order valence-electron chi connectivity index (χ1n) is 8.31. The van der Waals surface area contributed by atoms with Gasteiger partial charge >= 0.3 is 0 Å². The van der Waals surface area contributed by atoms with Gasteiger partial charge in [-0.25, -0.2) is 0 Å². The van der Waals surface area contributed by atoms with E-state index in [4.69, 9.17) is 0 Å². The Morgan fingerprint density at radius 3 is 2.52 bits per heavy atom. The number of ketones is 1. The Hall–Kier alpha value is -0.640. The highest BCUT2D eigenvalue weighted by Crippen LogP contribution is 2.33. The summed E-state index contributed by atoms with van der Waals surface area (Å²) in [6.45, 7) is 7.13. The van der Waals surface area contributed by atoms with Crippen LogP contribution in [0.2, 0.25) is 0 Å². The number of Topliss-reactive ketones (excluding diaryl/α,β-unsaturated/α-hetero) is 1. The number of nitrogens with zero attached hydrogens (tertiary/aromatic N) is 2. The van der Waals surface area contributed by atoms with Crippen LogP contribution in [0.3, 0.4) is 0 Å². The second kappa shape index (κ2) is 7.57. The van der Waals surface area contributed by atoms with E-state index in [9.17, 15) is 4.79 Å². The van der Waals surface area contributed by atoms with Crippen molar-refractivity contribution < 1.29 is 4.79 Å².